The second kappa shape index (κ2) is 8.00. The van der Waals surface area contributed by atoms with Crippen molar-refractivity contribution in [2.24, 2.45) is 0 Å². The van der Waals surface area contributed by atoms with Crippen molar-refractivity contribution in [2.75, 3.05) is 19.8 Å². The number of hydrogen-bond donors (Lipinski definition) is 2. The maximum atomic E-state index is 9.17. The first-order valence-electron chi connectivity index (χ1n) is 6.35. The zero-order valence-corrected chi connectivity index (χ0v) is 10.7. The van der Waals surface area contributed by atoms with E-state index in [2.05, 4.69) is 6.92 Å². The molecule has 1 rings (SSSR count). The van der Waals surface area contributed by atoms with Crippen molar-refractivity contribution < 1.29 is 24.4 Å². The van der Waals surface area contributed by atoms with Gasteiger partial charge in [-0.05, 0) is 19.8 Å². The highest BCUT2D eigenvalue weighted by molar-refractivity contribution is 4.72. The van der Waals surface area contributed by atoms with Gasteiger partial charge in [0.15, 0.2) is 6.29 Å². The van der Waals surface area contributed by atoms with E-state index in [0.717, 1.165) is 19.3 Å². The van der Waals surface area contributed by atoms with Gasteiger partial charge < -0.3 is 24.4 Å². The predicted octanol–water partition coefficient (Wildman–Crippen LogP) is 0.676. The fourth-order valence-corrected chi connectivity index (χ4v) is 1.67. The van der Waals surface area contributed by atoms with Gasteiger partial charge in [-0.2, -0.15) is 0 Å². The molecule has 0 aromatic carbocycles. The summed E-state index contributed by atoms with van der Waals surface area (Å²) in [6.45, 7) is 4.39. The van der Waals surface area contributed by atoms with Crippen LogP contribution in [0.4, 0.5) is 0 Å². The molecule has 5 heteroatoms. The van der Waals surface area contributed by atoms with E-state index in [0.29, 0.717) is 6.61 Å². The Morgan fingerprint density at radius 1 is 1.47 bits per heavy atom. The lowest BCUT2D eigenvalue weighted by molar-refractivity contribution is -0.105. The highest BCUT2D eigenvalue weighted by Gasteiger charge is 2.30. The van der Waals surface area contributed by atoms with Gasteiger partial charge in [-0.1, -0.05) is 13.3 Å². The Hall–Kier alpha value is -0.200. The fourth-order valence-electron chi connectivity index (χ4n) is 1.67. The molecule has 0 radical (unpaired) electrons. The molecule has 102 valence electrons. The molecule has 1 heterocycles. The summed E-state index contributed by atoms with van der Waals surface area (Å²) >= 11 is 0. The first-order chi connectivity index (χ1) is 8.17. The van der Waals surface area contributed by atoms with Gasteiger partial charge in [-0.25, -0.2) is 0 Å². The lowest BCUT2D eigenvalue weighted by Crippen LogP contribution is -2.32. The van der Waals surface area contributed by atoms with Gasteiger partial charge in [0.2, 0.25) is 0 Å². The topological polar surface area (TPSA) is 68.2 Å². The predicted molar refractivity (Wildman–Crippen MR) is 62.6 cm³/mol. The molecular weight excluding hydrogens is 224 g/mol. The summed E-state index contributed by atoms with van der Waals surface area (Å²) in [5.41, 5.74) is 0. The Kier molecular flexibility index (Phi) is 6.99. The van der Waals surface area contributed by atoms with Crippen molar-refractivity contribution in [3.8, 4) is 0 Å². The third kappa shape index (κ3) is 5.31. The molecule has 2 N–H and O–H groups in total. The summed E-state index contributed by atoms with van der Waals surface area (Å²) in [5, 5.41) is 17.8. The molecule has 1 fully saturated rings. The Morgan fingerprint density at radius 2 is 2.24 bits per heavy atom. The maximum absolute atomic E-state index is 9.17. The molecule has 0 amide bonds. The zero-order valence-electron chi connectivity index (χ0n) is 10.7. The van der Waals surface area contributed by atoms with E-state index in [-0.39, 0.29) is 31.7 Å². The Morgan fingerprint density at radius 3 is 2.88 bits per heavy atom. The average molecular weight is 248 g/mol. The summed E-state index contributed by atoms with van der Waals surface area (Å²) in [4.78, 5) is 0. The third-order valence-electron chi connectivity index (χ3n) is 2.85. The monoisotopic (exact) mass is 248 g/mol. The van der Waals surface area contributed by atoms with Crippen molar-refractivity contribution in [1.82, 2.24) is 0 Å². The van der Waals surface area contributed by atoms with Crippen LogP contribution in [0.5, 0.6) is 0 Å². The van der Waals surface area contributed by atoms with Crippen LogP contribution in [-0.4, -0.2) is 54.6 Å². The molecule has 1 saturated heterocycles. The van der Waals surface area contributed by atoms with Crippen molar-refractivity contribution in [3.05, 3.63) is 0 Å². The third-order valence-corrected chi connectivity index (χ3v) is 2.85. The number of hydrogen-bond acceptors (Lipinski definition) is 5. The van der Waals surface area contributed by atoms with Gasteiger partial charge in [-0.3, -0.25) is 0 Å². The number of rotatable bonds is 8. The van der Waals surface area contributed by atoms with Crippen molar-refractivity contribution in [2.45, 2.75) is 57.7 Å². The number of ether oxygens (including phenoxy) is 3. The van der Waals surface area contributed by atoms with Crippen LogP contribution in [0.15, 0.2) is 0 Å². The second-order valence-corrected chi connectivity index (χ2v) is 4.45. The zero-order chi connectivity index (χ0) is 12.7. The first kappa shape index (κ1) is 14.9. The molecule has 0 saturated carbocycles. The van der Waals surface area contributed by atoms with Crippen LogP contribution in [0.25, 0.3) is 0 Å². The van der Waals surface area contributed by atoms with E-state index in [1.807, 2.05) is 6.92 Å². The highest BCUT2D eigenvalue weighted by Crippen LogP contribution is 2.20. The van der Waals surface area contributed by atoms with Crippen LogP contribution in [0.2, 0.25) is 0 Å². The minimum absolute atomic E-state index is 0.0808. The quantitative estimate of drug-likeness (QED) is 0.661. The normalized spacial score (nSPS) is 28.2. The van der Waals surface area contributed by atoms with Gasteiger partial charge in [0, 0.05) is 0 Å². The lowest BCUT2D eigenvalue weighted by atomic mass is 10.2. The molecule has 0 bridgehead atoms. The molecule has 4 atom stereocenters. The van der Waals surface area contributed by atoms with E-state index in [1.54, 1.807) is 0 Å². The Balaban J connectivity index is 2.18. The SMILES string of the molecule is CCCCC1OCC(C(C)OCC(O)CO)O1. The molecule has 0 spiro atoms. The van der Waals surface area contributed by atoms with Crippen LogP contribution >= 0.6 is 0 Å². The van der Waals surface area contributed by atoms with Gasteiger partial charge in [0.05, 0.1) is 25.9 Å². The Bertz CT molecular complexity index is 199. The van der Waals surface area contributed by atoms with E-state index >= 15 is 0 Å². The van der Waals surface area contributed by atoms with E-state index in [1.165, 1.54) is 0 Å². The molecule has 0 aromatic rings. The molecule has 17 heavy (non-hydrogen) atoms. The minimum atomic E-state index is -0.823. The number of unbranched alkanes of at least 4 members (excludes halogenated alkanes) is 1. The number of aliphatic hydroxyl groups is 2. The molecule has 5 nitrogen and oxygen atoms in total. The van der Waals surface area contributed by atoms with Gasteiger partial charge in [-0.15, -0.1) is 0 Å². The second-order valence-electron chi connectivity index (χ2n) is 4.45. The van der Waals surface area contributed by atoms with Crippen LogP contribution in [0, 0.1) is 0 Å². The molecular formula is C12H24O5. The van der Waals surface area contributed by atoms with Crippen LogP contribution in [-0.2, 0) is 14.2 Å². The van der Waals surface area contributed by atoms with Crippen LogP contribution in [0.3, 0.4) is 0 Å². The summed E-state index contributed by atoms with van der Waals surface area (Å²) in [6.07, 6.45) is 1.98. The minimum Gasteiger partial charge on any atom is -0.394 e. The highest BCUT2D eigenvalue weighted by atomic mass is 16.7. The van der Waals surface area contributed by atoms with E-state index < -0.39 is 6.10 Å². The summed E-state index contributed by atoms with van der Waals surface area (Å²) < 4.78 is 16.6. The first-order valence-corrected chi connectivity index (χ1v) is 6.35. The summed E-state index contributed by atoms with van der Waals surface area (Å²) in [7, 11) is 0. The molecule has 1 aliphatic rings. The molecule has 0 aliphatic carbocycles. The van der Waals surface area contributed by atoms with Crippen molar-refractivity contribution in [1.29, 1.82) is 0 Å². The largest absolute Gasteiger partial charge is 0.394 e. The molecule has 1 aliphatic heterocycles. The molecule has 4 unspecified atom stereocenters. The number of aliphatic hydroxyl groups excluding tert-OH is 2. The molecule has 0 aromatic heterocycles. The van der Waals surface area contributed by atoms with Crippen LogP contribution < -0.4 is 0 Å². The van der Waals surface area contributed by atoms with E-state index in [9.17, 15) is 5.11 Å². The summed E-state index contributed by atoms with van der Waals surface area (Å²) in [5.74, 6) is 0. The van der Waals surface area contributed by atoms with Crippen LogP contribution in [0.1, 0.15) is 33.1 Å². The van der Waals surface area contributed by atoms with Gasteiger partial charge in [0.1, 0.15) is 12.2 Å². The maximum Gasteiger partial charge on any atom is 0.158 e. The smallest absolute Gasteiger partial charge is 0.158 e. The average Bonchev–Trinajstić information content (AvgIpc) is 2.81. The lowest BCUT2D eigenvalue weighted by Gasteiger charge is -2.20. The van der Waals surface area contributed by atoms with Gasteiger partial charge in [0.25, 0.3) is 0 Å². The Labute approximate surface area is 103 Å². The van der Waals surface area contributed by atoms with Crippen molar-refractivity contribution in [3.63, 3.8) is 0 Å². The summed E-state index contributed by atoms with van der Waals surface area (Å²) in [6, 6.07) is 0. The van der Waals surface area contributed by atoms with E-state index in [4.69, 9.17) is 19.3 Å². The standard InChI is InChI=1S/C12H24O5/c1-3-4-5-12-16-8-11(17-12)9(2)15-7-10(14)6-13/h9-14H,3-8H2,1-2H3. The van der Waals surface area contributed by atoms with Crippen molar-refractivity contribution >= 4 is 0 Å². The van der Waals surface area contributed by atoms with Gasteiger partial charge >= 0.3 is 0 Å². The fraction of sp³-hybridized carbons (Fsp3) is 1.00.